The predicted molar refractivity (Wildman–Crippen MR) is 64.1 cm³/mol. The van der Waals surface area contributed by atoms with E-state index in [1.807, 2.05) is 0 Å². The normalized spacial score (nSPS) is 46.3. The number of fused-ring (bicyclic) bond motifs is 3. The van der Waals surface area contributed by atoms with Gasteiger partial charge in [-0.1, -0.05) is 0 Å². The second-order valence-corrected chi connectivity index (χ2v) is 6.21. The van der Waals surface area contributed by atoms with Gasteiger partial charge in [0, 0.05) is 0 Å². The first-order valence-electron chi connectivity index (χ1n) is 6.67. The lowest BCUT2D eigenvalue weighted by molar-refractivity contribution is -0.247. The van der Waals surface area contributed by atoms with E-state index >= 15 is 0 Å². The van der Waals surface area contributed by atoms with Crippen molar-refractivity contribution in [3.05, 3.63) is 0 Å². The van der Waals surface area contributed by atoms with Crippen molar-refractivity contribution in [2.75, 3.05) is 0 Å². The van der Waals surface area contributed by atoms with Crippen molar-refractivity contribution in [2.24, 2.45) is 0 Å². The van der Waals surface area contributed by atoms with E-state index in [0.717, 1.165) is 0 Å². The Hall–Kier alpha value is -0.750. The fourth-order valence-corrected chi connectivity index (χ4v) is 2.97. The van der Waals surface area contributed by atoms with Gasteiger partial charge in [0.2, 0.25) is 0 Å². The van der Waals surface area contributed by atoms with Crippen molar-refractivity contribution in [2.45, 2.75) is 76.1 Å². The summed E-state index contributed by atoms with van der Waals surface area (Å²) in [6, 6.07) is 1.77. The summed E-state index contributed by atoms with van der Waals surface area (Å²) in [5, 5.41) is 18.8. The highest BCUT2D eigenvalue weighted by Gasteiger charge is 2.61. The van der Waals surface area contributed by atoms with Gasteiger partial charge >= 0.3 is 0 Å². The van der Waals surface area contributed by atoms with Gasteiger partial charge in [0.1, 0.15) is 24.4 Å². The Morgan fingerprint density at radius 2 is 1.50 bits per heavy atom. The highest BCUT2D eigenvalue weighted by molar-refractivity contribution is 5.05. The molecule has 0 amide bonds. The van der Waals surface area contributed by atoms with Crippen LogP contribution in [-0.2, 0) is 23.7 Å². The van der Waals surface area contributed by atoms with E-state index in [0.29, 0.717) is 0 Å². The maximum atomic E-state index is 9.83. The second kappa shape index (κ2) is 4.37. The number of nitriles is 1. The molecule has 7 nitrogen and oxygen atoms in total. The number of nitrogens with zero attached hydrogens (tertiary/aromatic N) is 1. The lowest BCUT2D eigenvalue weighted by Gasteiger charge is -2.37. The average molecular weight is 285 g/mol. The maximum absolute atomic E-state index is 9.83. The van der Waals surface area contributed by atoms with Gasteiger partial charge in [0.05, 0.1) is 6.07 Å². The average Bonchev–Trinajstić information content (AvgIpc) is 2.81. The zero-order valence-corrected chi connectivity index (χ0v) is 11.9. The van der Waals surface area contributed by atoms with Gasteiger partial charge in [-0.05, 0) is 27.7 Å². The molecule has 3 rings (SSSR count). The lowest BCUT2D eigenvalue weighted by atomic mass is 9.96. The van der Waals surface area contributed by atoms with Crippen LogP contribution < -0.4 is 0 Å². The van der Waals surface area contributed by atoms with Crippen LogP contribution in [0.4, 0.5) is 0 Å². The van der Waals surface area contributed by atoms with Crippen molar-refractivity contribution in [1.29, 1.82) is 5.26 Å². The van der Waals surface area contributed by atoms with E-state index in [9.17, 15) is 5.11 Å². The van der Waals surface area contributed by atoms with E-state index in [1.165, 1.54) is 0 Å². The molecule has 7 heteroatoms. The van der Waals surface area contributed by atoms with Crippen molar-refractivity contribution >= 4 is 0 Å². The molecule has 0 aromatic carbocycles. The van der Waals surface area contributed by atoms with Gasteiger partial charge in [0.25, 0.3) is 0 Å². The minimum absolute atomic E-state index is 0.445. The molecule has 3 fully saturated rings. The molecule has 0 aliphatic carbocycles. The molecule has 3 aliphatic rings. The number of rotatable bonds is 1. The van der Waals surface area contributed by atoms with Gasteiger partial charge in [-0.2, -0.15) is 5.26 Å². The van der Waals surface area contributed by atoms with E-state index in [4.69, 9.17) is 28.9 Å². The zero-order valence-electron chi connectivity index (χ0n) is 11.9. The molecule has 0 spiro atoms. The van der Waals surface area contributed by atoms with E-state index in [1.54, 1.807) is 33.8 Å². The Morgan fingerprint density at radius 1 is 0.950 bits per heavy atom. The van der Waals surface area contributed by atoms with Gasteiger partial charge in [-0.15, -0.1) is 0 Å². The summed E-state index contributed by atoms with van der Waals surface area (Å²) in [5.74, 6) is -1.63. The molecule has 0 aromatic heterocycles. The summed E-state index contributed by atoms with van der Waals surface area (Å²) < 4.78 is 28.8. The van der Waals surface area contributed by atoms with Crippen molar-refractivity contribution in [1.82, 2.24) is 0 Å². The summed E-state index contributed by atoms with van der Waals surface area (Å²) >= 11 is 0. The van der Waals surface area contributed by atoms with Gasteiger partial charge in [-0.3, -0.25) is 0 Å². The van der Waals surface area contributed by atoms with Gasteiger partial charge < -0.3 is 28.8 Å². The summed E-state index contributed by atoms with van der Waals surface area (Å²) in [6.45, 7) is 7.11. The molecule has 20 heavy (non-hydrogen) atoms. The van der Waals surface area contributed by atoms with Crippen LogP contribution in [0.15, 0.2) is 0 Å². The summed E-state index contributed by atoms with van der Waals surface area (Å²) in [5.41, 5.74) is 0. The van der Waals surface area contributed by atoms with E-state index in [-0.39, 0.29) is 0 Å². The van der Waals surface area contributed by atoms with E-state index in [2.05, 4.69) is 0 Å². The Labute approximate surface area is 117 Å². The van der Waals surface area contributed by atoms with Crippen molar-refractivity contribution < 1.29 is 28.8 Å². The minimum Gasteiger partial charge on any atom is -0.375 e. The molecule has 1 N–H and O–H groups in total. The third-order valence-corrected chi connectivity index (χ3v) is 3.63. The molecule has 3 saturated heterocycles. The summed E-state index contributed by atoms with van der Waals surface area (Å²) in [4.78, 5) is 0. The monoisotopic (exact) mass is 285 g/mol. The molecule has 3 heterocycles. The van der Waals surface area contributed by atoms with Crippen LogP contribution in [0.5, 0.6) is 0 Å². The SMILES string of the molecule is CC1(C)O[C@@H]2[C@H](O1)[C@H]1OC(C)(C)O[C@H]1O[C@@H]2[C@H](O)C#N. The summed E-state index contributed by atoms with van der Waals surface area (Å²) in [6.07, 6.45) is -4.29. The Bertz CT molecular complexity index is 445. The molecule has 6 atom stereocenters. The maximum Gasteiger partial charge on any atom is 0.190 e. The molecule has 0 radical (unpaired) electrons. The first-order valence-corrected chi connectivity index (χ1v) is 6.67. The Morgan fingerprint density at radius 3 is 2.15 bits per heavy atom. The third-order valence-electron chi connectivity index (χ3n) is 3.63. The fourth-order valence-electron chi connectivity index (χ4n) is 2.97. The molecule has 0 saturated carbocycles. The van der Waals surface area contributed by atoms with Crippen LogP contribution in [0, 0.1) is 11.3 Å². The molecule has 112 valence electrons. The number of aliphatic hydroxyl groups excluding tert-OH is 1. The highest BCUT2D eigenvalue weighted by atomic mass is 16.9. The topological polar surface area (TPSA) is 90.2 Å². The smallest absolute Gasteiger partial charge is 0.190 e. The molecule has 3 aliphatic heterocycles. The molecular weight excluding hydrogens is 266 g/mol. The highest BCUT2D eigenvalue weighted by Crippen LogP contribution is 2.44. The molecular formula is C13H19NO6. The largest absolute Gasteiger partial charge is 0.375 e. The zero-order chi connectivity index (χ0) is 14.7. The third kappa shape index (κ3) is 2.22. The Kier molecular flexibility index (Phi) is 3.10. The number of hydrogen-bond acceptors (Lipinski definition) is 7. The van der Waals surface area contributed by atoms with Crippen molar-refractivity contribution in [3.8, 4) is 6.07 Å². The van der Waals surface area contributed by atoms with Gasteiger partial charge in [-0.25, -0.2) is 0 Å². The van der Waals surface area contributed by atoms with Crippen LogP contribution in [0.1, 0.15) is 27.7 Å². The standard InChI is InChI=1S/C13H19NO6/c1-12(2)17-8-7(6(15)5-14)16-11-10(9(8)18-12)19-13(3,4)20-11/h6-11,15H,1-4H3/t6-,7-,8+,9+,10-,11-/m1/s1. The number of aliphatic hydroxyl groups is 1. The summed E-state index contributed by atoms with van der Waals surface area (Å²) in [7, 11) is 0. The lowest BCUT2D eigenvalue weighted by Crippen LogP contribution is -2.58. The van der Waals surface area contributed by atoms with E-state index < -0.39 is 48.4 Å². The molecule has 0 aromatic rings. The Balaban J connectivity index is 1.90. The fraction of sp³-hybridized carbons (Fsp3) is 0.923. The predicted octanol–water partition coefficient (Wildman–Crippen LogP) is 0.267. The first kappa shape index (κ1) is 14.2. The quantitative estimate of drug-likeness (QED) is 0.691. The van der Waals surface area contributed by atoms with Crippen molar-refractivity contribution in [3.63, 3.8) is 0 Å². The van der Waals surface area contributed by atoms with Gasteiger partial charge in [0.15, 0.2) is 24.0 Å². The van der Waals surface area contributed by atoms with Crippen LogP contribution >= 0.6 is 0 Å². The second-order valence-electron chi connectivity index (χ2n) is 6.21. The first-order chi connectivity index (χ1) is 9.22. The van der Waals surface area contributed by atoms with Crippen LogP contribution in [0.25, 0.3) is 0 Å². The van der Waals surface area contributed by atoms with Crippen LogP contribution in [-0.4, -0.2) is 53.5 Å². The molecule has 0 bridgehead atoms. The van der Waals surface area contributed by atoms with Crippen LogP contribution in [0.3, 0.4) is 0 Å². The minimum atomic E-state index is -1.31. The number of hydrogen-bond donors (Lipinski definition) is 1. The number of ether oxygens (including phenoxy) is 5. The molecule has 0 unspecified atom stereocenters. The van der Waals surface area contributed by atoms with Crippen LogP contribution in [0.2, 0.25) is 0 Å².